The number of benzene rings is 1. The minimum atomic E-state index is -0.339. The first kappa shape index (κ1) is 13.1. The molecule has 1 aromatic carbocycles. The summed E-state index contributed by atoms with van der Waals surface area (Å²) in [5.41, 5.74) is 3.40. The molecular formula is C15H16N2O2. The maximum atomic E-state index is 11.6. The number of para-hydroxylation sites is 1. The van der Waals surface area contributed by atoms with Crippen LogP contribution in [0.25, 0.3) is 0 Å². The molecule has 19 heavy (non-hydrogen) atoms. The van der Waals surface area contributed by atoms with E-state index in [9.17, 15) is 4.79 Å². The molecular weight excluding hydrogens is 240 g/mol. The summed E-state index contributed by atoms with van der Waals surface area (Å²) in [6, 6.07) is 11.3. The van der Waals surface area contributed by atoms with E-state index in [1.165, 1.54) is 7.11 Å². The zero-order valence-corrected chi connectivity index (χ0v) is 11.0. The number of carbonyl (C=O) groups is 1. The smallest absolute Gasteiger partial charge is 0.339 e. The van der Waals surface area contributed by atoms with E-state index in [0.717, 1.165) is 16.9 Å². The Balaban J connectivity index is 2.13. The van der Waals surface area contributed by atoms with Crippen molar-refractivity contribution in [3.8, 4) is 0 Å². The lowest BCUT2D eigenvalue weighted by molar-refractivity contribution is 0.0602. The number of ether oxygens (including phenoxy) is 1. The minimum absolute atomic E-state index is 0.339. The zero-order valence-electron chi connectivity index (χ0n) is 11.0. The first-order chi connectivity index (χ1) is 9.20. The fourth-order valence-corrected chi connectivity index (χ4v) is 1.84. The summed E-state index contributed by atoms with van der Waals surface area (Å²) in [7, 11) is 1.38. The number of hydrogen-bond donors (Lipinski definition) is 1. The van der Waals surface area contributed by atoms with Crippen LogP contribution >= 0.6 is 0 Å². The Kier molecular flexibility index (Phi) is 4.13. The van der Waals surface area contributed by atoms with Gasteiger partial charge in [-0.05, 0) is 36.8 Å². The monoisotopic (exact) mass is 256 g/mol. The van der Waals surface area contributed by atoms with Crippen molar-refractivity contribution >= 4 is 11.7 Å². The number of nitrogens with one attached hydrogen (secondary N) is 1. The predicted octanol–water partition coefficient (Wildman–Crippen LogP) is 2.79. The van der Waals surface area contributed by atoms with Crippen molar-refractivity contribution < 1.29 is 9.53 Å². The molecule has 0 radical (unpaired) electrons. The van der Waals surface area contributed by atoms with Crippen LogP contribution in [0.3, 0.4) is 0 Å². The summed E-state index contributed by atoms with van der Waals surface area (Å²) in [6.45, 7) is 2.59. The third-order valence-electron chi connectivity index (χ3n) is 2.78. The number of aromatic nitrogens is 1. The molecule has 2 rings (SSSR count). The Morgan fingerprint density at radius 2 is 2.11 bits per heavy atom. The van der Waals surface area contributed by atoms with Crippen molar-refractivity contribution in [3.63, 3.8) is 0 Å². The van der Waals surface area contributed by atoms with Gasteiger partial charge in [-0.15, -0.1) is 0 Å². The first-order valence-corrected chi connectivity index (χ1v) is 6.03. The second kappa shape index (κ2) is 6.00. The summed E-state index contributed by atoms with van der Waals surface area (Å²) in [4.78, 5) is 15.8. The van der Waals surface area contributed by atoms with Gasteiger partial charge in [-0.3, -0.25) is 4.98 Å². The highest BCUT2D eigenvalue weighted by Gasteiger charge is 2.10. The fraction of sp³-hybridized carbons (Fsp3) is 0.200. The minimum Gasteiger partial charge on any atom is -0.465 e. The van der Waals surface area contributed by atoms with Crippen LogP contribution in [0.1, 0.15) is 21.6 Å². The van der Waals surface area contributed by atoms with Crippen LogP contribution in [0, 0.1) is 6.92 Å². The molecule has 0 aliphatic rings. The lowest BCUT2D eigenvalue weighted by Gasteiger charge is -2.10. The van der Waals surface area contributed by atoms with Gasteiger partial charge >= 0.3 is 5.97 Å². The van der Waals surface area contributed by atoms with Gasteiger partial charge in [0, 0.05) is 24.1 Å². The van der Waals surface area contributed by atoms with Crippen molar-refractivity contribution in [2.24, 2.45) is 0 Å². The van der Waals surface area contributed by atoms with Crippen LogP contribution in [-0.4, -0.2) is 18.1 Å². The molecule has 0 spiro atoms. The SMILES string of the molecule is COC(=O)c1ccccc1NCc1ccnc(C)c1. The number of aryl methyl sites for hydroxylation is 1. The van der Waals surface area contributed by atoms with E-state index >= 15 is 0 Å². The van der Waals surface area contributed by atoms with E-state index in [1.807, 2.05) is 37.3 Å². The average Bonchev–Trinajstić information content (AvgIpc) is 2.45. The molecule has 2 aromatic rings. The lowest BCUT2D eigenvalue weighted by atomic mass is 10.1. The molecule has 0 saturated heterocycles. The Morgan fingerprint density at radius 3 is 2.84 bits per heavy atom. The second-order valence-corrected chi connectivity index (χ2v) is 4.20. The summed E-state index contributed by atoms with van der Waals surface area (Å²) >= 11 is 0. The van der Waals surface area contributed by atoms with Crippen molar-refractivity contribution in [3.05, 3.63) is 59.4 Å². The van der Waals surface area contributed by atoms with E-state index < -0.39 is 0 Å². The highest BCUT2D eigenvalue weighted by atomic mass is 16.5. The van der Waals surface area contributed by atoms with E-state index in [1.54, 1.807) is 12.3 Å². The van der Waals surface area contributed by atoms with Gasteiger partial charge in [0.1, 0.15) is 0 Å². The molecule has 0 unspecified atom stereocenters. The number of hydrogen-bond acceptors (Lipinski definition) is 4. The lowest BCUT2D eigenvalue weighted by Crippen LogP contribution is -2.08. The number of methoxy groups -OCH3 is 1. The maximum absolute atomic E-state index is 11.6. The summed E-state index contributed by atoms with van der Waals surface area (Å²) in [6.07, 6.45) is 1.78. The van der Waals surface area contributed by atoms with Gasteiger partial charge in [-0.1, -0.05) is 12.1 Å². The third-order valence-corrected chi connectivity index (χ3v) is 2.78. The second-order valence-electron chi connectivity index (χ2n) is 4.20. The molecule has 0 fully saturated rings. The molecule has 4 heteroatoms. The highest BCUT2D eigenvalue weighted by molar-refractivity contribution is 5.95. The number of nitrogens with zero attached hydrogens (tertiary/aromatic N) is 1. The molecule has 0 atom stereocenters. The van der Waals surface area contributed by atoms with Crippen LogP contribution in [0.5, 0.6) is 0 Å². The Morgan fingerprint density at radius 1 is 1.32 bits per heavy atom. The van der Waals surface area contributed by atoms with Crippen molar-refractivity contribution in [1.29, 1.82) is 0 Å². The molecule has 98 valence electrons. The van der Waals surface area contributed by atoms with Gasteiger partial charge in [-0.25, -0.2) is 4.79 Å². The number of carbonyl (C=O) groups excluding carboxylic acids is 1. The van der Waals surface area contributed by atoms with Crippen LogP contribution in [0.2, 0.25) is 0 Å². The Hall–Kier alpha value is -2.36. The van der Waals surface area contributed by atoms with Gasteiger partial charge in [0.15, 0.2) is 0 Å². The normalized spacial score (nSPS) is 10.0. The Labute approximate surface area is 112 Å². The van der Waals surface area contributed by atoms with E-state index in [2.05, 4.69) is 10.3 Å². The van der Waals surface area contributed by atoms with Crippen molar-refractivity contribution in [2.45, 2.75) is 13.5 Å². The molecule has 0 saturated carbocycles. The maximum Gasteiger partial charge on any atom is 0.339 e. The van der Waals surface area contributed by atoms with Crippen LogP contribution in [-0.2, 0) is 11.3 Å². The van der Waals surface area contributed by atoms with Gasteiger partial charge in [0.25, 0.3) is 0 Å². The summed E-state index contributed by atoms with van der Waals surface area (Å²) < 4.78 is 4.76. The van der Waals surface area contributed by atoms with Crippen LogP contribution in [0.4, 0.5) is 5.69 Å². The quantitative estimate of drug-likeness (QED) is 0.855. The van der Waals surface area contributed by atoms with E-state index in [-0.39, 0.29) is 5.97 Å². The molecule has 0 aliphatic carbocycles. The van der Waals surface area contributed by atoms with Gasteiger partial charge in [-0.2, -0.15) is 0 Å². The largest absolute Gasteiger partial charge is 0.465 e. The molecule has 4 nitrogen and oxygen atoms in total. The average molecular weight is 256 g/mol. The van der Waals surface area contributed by atoms with Gasteiger partial charge in [0.05, 0.1) is 12.7 Å². The molecule has 0 aliphatic heterocycles. The topological polar surface area (TPSA) is 51.2 Å². The first-order valence-electron chi connectivity index (χ1n) is 6.03. The molecule has 1 heterocycles. The summed E-state index contributed by atoms with van der Waals surface area (Å²) in [5.74, 6) is -0.339. The summed E-state index contributed by atoms with van der Waals surface area (Å²) in [5, 5.41) is 3.24. The molecule has 0 amide bonds. The van der Waals surface area contributed by atoms with Crippen LogP contribution in [0.15, 0.2) is 42.6 Å². The standard InChI is InChI=1S/C15H16N2O2/c1-11-9-12(7-8-16-11)10-17-14-6-4-3-5-13(14)15(18)19-2/h3-9,17H,10H2,1-2H3. The number of pyridine rings is 1. The molecule has 1 N–H and O–H groups in total. The molecule has 0 bridgehead atoms. The van der Waals surface area contributed by atoms with Gasteiger partial charge < -0.3 is 10.1 Å². The van der Waals surface area contributed by atoms with Crippen molar-refractivity contribution in [2.75, 3.05) is 12.4 Å². The highest BCUT2D eigenvalue weighted by Crippen LogP contribution is 2.17. The number of esters is 1. The van der Waals surface area contributed by atoms with E-state index in [4.69, 9.17) is 4.74 Å². The van der Waals surface area contributed by atoms with Gasteiger partial charge in [0.2, 0.25) is 0 Å². The number of anilines is 1. The Bertz CT molecular complexity index is 582. The number of rotatable bonds is 4. The van der Waals surface area contributed by atoms with Crippen LogP contribution < -0.4 is 5.32 Å². The molecule has 1 aromatic heterocycles. The zero-order chi connectivity index (χ0) is 13.7. The predicted molar refractivity (Wildman–Crippen MR) is 74.1 cm³/mol. The van der Waals surface area contributed by atoms with Crippen molar-refractivity contribution in [1.82, 2.24) is 4.98 Å². The van der Waals surface area contributed by atoms with E-state index in [0.29, 0.717) is 12.1 Å². The fourth-order valence-electron chi connectivity index (χ4n) is 1.84. The third kappa shape index (κ3) is 3.31.